The van der Waals surface area contributed by atoms with Crippen LogP contribution < -0.4 is 5.32 Å². The van der Waals surface area contributed by atoms with Crippen LogP contribution in [0.3, 0.4) is 0 Å². The molecule has 0 aliphatic rings. The Hall–Kier alpha value is -2.75. The third-order valence-corrected chi connectivity index (χ3v) is 2.78. The summed E-state index contributed by atoms with van der Waals surface area (Å²) >= 11 is 0. The average Bonchev–Trinajstić information content (AvgIpc) is 2.47. The minimum Gasteiger partial charge on any atom is -0.306 e. The number of nitrogens with one attached hydrogen (secondary N) is 1. The van der Waals surface area contributed by atoms with Crippen LogP contribution in [0, 0.1) is 0 Å². The van der Waals surface area contributed by atoms with Gasteiger partial charge in [0.05, 0.1) is 11.1 Å². The second kappa shape index (κ2) is 4.86. The Labute approximate surface area is 110 Å². The van der Waals surface area contributed by atoms with Crippen LogP contribution in [0.1, 0.15) is 10.4 Å². The first-order valence-corrected chi connectivity index (χ1v) is 5.91. The van der Waals surface area contributed by atoms with Gasteiger partial charge in [0, 0.05) is 17.8 Å². The molecule has 3 rings (SSSR count). The van der Waals surface area contributed by atoms with Crippen molar-refractivity contribution in [3.05, 3.63) is 66.5 Å². The highest BCUT2D eigenvalue weighted by Crippen LogP contribution is 2.17. The third-order valence-electron chi connectivity index (χ3n) is 2.78. The van der Waals surface area contributed by atoms with Crippen LogP contribution in [-0.2, 0) is 0 Å². The third kappa shape index (κ3) is 2.28. The Morgan fingerprint density at radius 3 is 2.58 bits per heavy atom. The van der Waals surface area contributed by atoms with Gasteiger partial charge in [0.15, 0.2) is 0 Å². The maximum absolute atomic E-state index is 12.2. The fourth-order valence-corrected chi connectivity index (χ4v) is 1.91. The molecule has 0 unspecified atom stereocenters. The van der Waals surface area contributed by atoms with Gasteiger partial charge in [0.2, 0.25) is 0 Å². The van der Waals surface area contributed by atoms with Crippen LogP contribution in [-0.4, -0.2) is 15.9 Å². The Bertz CT molecular complexity index is 720. The van der Waals surface area contributed by atoms with E-state index in [0.717, 1.165) is 5.39 Å². The summed E-state index contributed by atoms with van der Waals surface area (Å²) in [5.41, 5.74) is 1.24. The molecule has 0 atom stereocenters. The van der Waals surface area contributed by atoms with Crippen molar-refractivity contribution in [1.82, 2.24) is 9.97 Å². The summed E-state index contributed by atoms with van der Waals surface area (Å²) in [6.45, 7) is 0. The zero-order valence-electron chi connectivity index (χ0n) is 10.1. The number of hydrogen-bond acceptors (Lipinski definition) is 3. The number of rotatable bonds is 2. The van der Waals surface area contributed by atoms with Crippen molar-refractivity contribution in [3.63, 3.8) is 0 Å². The van der Waals surface area contributed by atoms with Crippen molar-refractivity contribution in [2.75, 3.05) is 5.32 Å². The van der Waals surface area contributed by atoms with Gasteiger partial charge in [0.25, 0.3) is 5.91 Å². The van der Waals surface area contributed by atoms with E-state index in [1.54, 1.807) is 30.6 Å². The van der Waals surface area contributed by atoms with E-state index in [1.807, 2.05) is 30.3 Å². The van der Waals surface area contributed by atoms with Crippen LogP contribution in [0.25, 0.3) is 10.9 Å². The maximum atomic E-state index is 12.2. The van der Waals surface area contributed by atoms with Crippen molar-refractivity contribution in [2.24, 2.45) is 0 Å². The topological polar surface area (TPSA) is 54.9 Å². The number of para-hydroxylation sites is 1. The zero-order chi connectivity index (χ0) is 13.1. The summed E-state index contributed by atoms with van der Waals surface area (Å²) < 4.78 is 0. The van der Waals surface area contributed by atoms with Crippen LogP contribution >= 0.6 is 0 Å². The van der Waals surface area contributed by atoms with Gasteiger partial charge in [-0.15, -0.1) is 0 Å². The molecule has 1 aromatic carbocycles. The first kappa shape index (κ1) is 11.3. The molecule has 4 heteroatoms. The highest BCUT2D eigenvalue weighted by atomic mass is 16.1. The van der Waals surface area contributed by atoms with Gasteiger partial charge < -0.3 is 5.32 Å². The van der Waals surface area contributed by atoms with Gasteiger partial charge >= 0.3 is 0 Å². The molecule has 0 saturated heterocycles. The molecule has 4 nitrogen and oxygen atoms in total. The summed E-state index contributed by atoms with van der Waals surface area (Å²) in [5, 5.41) is 3.70. The van der Waals surface area contributed by atoms with E-state index in [0.29, 0.717) is 16.9 Å². The van der Waals surface area contributed by atoms with E-state index < -0.39 is 0 Å². The van der Waals surface area contributed by atoms with E-state index in [9.17, 15) is 4.79 Å². The molecule has 1 amide bonds. The molecular weight excluding hydrogens is 238 g/mol. The lowest BCUT2D eigenvalue weighted by Gasteiger charge is -2.06. The molecule has 0 aliphatic carbocycles. The van der Waals surface area contributed by atoms with Gasteiger partial charge in [-0.25, -0.2) is 4.98 Å². The van der Waals surface area contributed by atoms with Gasteiger partial charge in [-0.2, -0.15) is 0 Å². The van der Waals surface area contributed by atoms with E-state index >= 15 is 0 Å². The number of carbonyl (C=O) groups excluding carboxylic acids is 1. The zero-order valence-corrected chi connectivity index (χ0v) is 10.1. The second-order valence-electron chi connectivity index (χ2n) is 4.05. The SMILES string of the molecule is O=C(Nc1ccccn1)c1cccc2cccnc12. The van der Waals surface area contributed by atoms with Crippen LogP contribution in [0.2, 0.25) is 0 Å². The monoisotopic (exact) mass is 249 g/mol. The first-order chi connectivity index (χ1) is 9.34. The Morgan fingerprint density at radius 1 is 0.895 bits per heavy atom. The van der Waals surface area contributed by atoms with Crippen LogP contribution in [0.4, 0.5) is 5.82 Å². The van der Waals surface area contributed by atoms with Crippen molar-refractivity contribution >= 4 is 22.6 Å². The van der Waals surface area contributed by atoms with Crippen LogP contribution in [0.5, 0.6) is 0 Å². The summed E-state index contributed by atoms with van der Waals surface area (Å²) in [7, 11) is 0. The minimum atomic E-state index is -0.206. The minimum absolute atomic E-state index is 0.206. The highest BCUT2D eigenvalue weighted by Gasteiger charge is 2.11. The van der Waals surface area contributed by atoms with Gasteiger partial charge in [-0.1, -0.05) is 24.3 Å². The predicted octanol–water partition coefficient (Wildman–Crippen LogP) is 2.88. The highest BCUT2D eigenvalue weighted by molar-refractivity contribution is 6.11. The number of benzene rings is 1. The largest absolute Gasteiger partial charge is 0.306 e. The Kier molecular flexibility index (Phi) is 2.90. The molecule has 0 aliphatic heterocycles. The van der Waals surface area contributed by atoms with Crippen molar-refractivity contribution in [2.45, 2.75) is 0 Å². The fourth-order valence-electron chi connectivity index (χ4n) is 1.91. The van der Waals surface area contributed by atoms with E-state index in [1.165, 1.54) is 0 Å². The van der Waals surface area contributed by atoms with E-state index in [4.69, 9.17) is 0 Å². The number of pyridine rings is 2. The fraction of sp³-hybridized carbons (Fsp3) is 0. The van der Waals surface area contributed by atoms with Crippen LogP contribution in [0.15, 0.2) is 60.9 Å². The van der Waals surface area contributed by atoms with Crippen molar-refractivity contribution < 1.29 is 4.79 Å². The molecule has 2 aromatic heterocycles. The van der Waals surface area contributed by atoms with Crippen molar-refractivity contribution in [3.8, 4) is 0 Å². The number of amides is 1. The molecule has 0 bridgehead atoms. The molecule has 1 N–H and O–H groups in total. The van der Waals surface area contributed by atoms with Gasteiger partial charge in [-0.05, 0) is 24.3 Å². The predicted molar refractivity (Wildman–Crippen MR) is 73.9 cm³/mol. The summed E-state index contributed by atoms with van der Waals surface area (Å²) in [4.78, 5) is 20.6. The number of hydrogen-bond donors (Lipinski definition) is 1. The van der Waals surface area contributed by atoms with Crippen molar-refractivity contribution in [1.29, 1.82) is 0 Å². The molecular formula is C15H11N3O. The quantitative estimate of drug-likeness (QED) is 0.759. The summed E-state index contributed by atoms with van der Waals surface area (Å²) in [5.74, 6) is 0.323. The number of anilines is 1. The number of fused-ring (bicyclic) bond motifs is 1. The summed E-state index contributed by atoms with van der Waals surface area (Å²) in [6, 6.07) is 14.7. The Morgan fingerprint density at radius 2 is 1.74 bits per heavy atom. The van der Waals surface area contributed by atoms with Gasteiger partial charge in [0.1, 0.15) is 5.82 Å². The lowest BCUT2D eigenvalue weighted by Crippen LogP contribution is -2.13. The maximum Gasteiger partial charge on any atom is 0.259 e. The molecule has 92 valence electrons. The molecule has 3 aromatic rings. The molecule has 0 fully saturated rings. The second-order valence-corrected chi connectivity index (χ2v) is 4.05. The first-order valence-electron chi connectivity index (χ1n) is 5.91. The van der Waals surface area contributed by atoms with E-state index in [-0.39, 0.29) is 5.91 Å². The lowest BCUT2D eigenvalue weighted by molar-refractivity contribution is 0.102. The van der Waals surface area contributed by atoms with Gasteiger partial charge in [-0.3, -0.25) is 9.78 Å². The summed E-state index contributed by atoms with van der Waals surface area (Å²) in [6.07, 6.45) is 3.32. The lowest BCUT2D eigenvalue weighted by atomic mass is 10.1. The molecule has 0 spiro atoms. The standard InChI is InChI=1S/C15H11N3O/c19-15(18-13-8-1-2-9-16-13)12-7-3-5-11-6-4-10-17-14(11)12/h1-10H,(H,16,18,19). The molecule has 0 radical (unpaired) electrons. The molecule has 2 heterocycles. The smallest absolute Gasteiger partial charge is 0.259 e. The van der Waals surface area contributed by atoms with E-state index in [2.05, 4.69) is 15.3 Å². The number of aromatic nitrogens is 2. The normalized spacial score (nSPS) is 10.3. The molecule has 19 heavy (non-hydrogen) atoms. The average molecular weight is 249 g/mol. The number of nitrogens with zero attached hydrogens (tertiary/aromatic N) is 2. The Balaban J connectivity index is 1.98. The molecule has 0 saturated carbocycles. The number of carbonyl (C=O) groups is 1.